The van der Waals surface area contributed by atoms with E-state index < -0.39 is 5.60 Å². The molecular weight excluding hydrogens is 402 g/mol. The number of hydrogen-bond acceptors (Lipinski definition) is 6. The summed E-state index contributed by atoms with van der Waals surface area (Å²) < 4.78 is 7.73. The molecule has 6 rings (SSSR count). The summed E-state index contributed by atoms with van der Waals surface area (Å²) in [6.45, 7) is 7.78. The van der Waals surface area contributed by atoms with Crippen molar-refractivity contribution < 1.29 is 9.84 Å². The number of ether oxygens (including phenoxy) is 1. The number of fused-ring (bicyclic) bond motifs is 3. The minimum absolute atomic E-state index is 0.325. The van der Waals surface area contributed by atoms with Gasteiger partial charge in [0, 0.05) is 18.0 Å². The summed E-state index contributed by atoms with van der Waals surface area (Å²) in [6, 6.07) is 7.02. The molecule has 2 aliphatic heterocycles. The highest BCUT2D eigenvalue weighted by Crippen LogP contribution is 2.40. The third-order valence-corrected chi connectivity index (χ3v) is 7.68. The Hall–Kier alpha value is -2.51. The van der Waals surface area contributed by atoms with Gasteiger partial charge < -0.3 is 14.7 Å². The average Bonchev–Trinajstić information content (AvgIpc) is 3.48. The lowest BCUT2D eigenvalue weighted by Gasteiger charge is -2.34. The molecule has 32 heavy (non-hydrogen) atoms. The van der Waals surface area contributed by atoms with Gasteiger partial charge in [0.15, 0.2) is 5.82 Å². The maximum atomic E-state index is 10.4. The van der Waals surface area contributed by atoms with Crippen molar-refractivity contribution in [2.75, 3.05) is 18.1 Å². The summed E-state index contributed by atoms with van der Waals surface area (Å²) in [5.41, 5.74) is 3.23. The van der Waals surface area contributed by atoms with E-state index in [0.717, 1.165) is 73.6 Å². The molecule has 1 N–H and O–H groups in total. The van der Waals surface area contributed by atoms with Crippen LogP contribution in [0.1, 0.15) is 61.9 Å². The standard InChI is InChI=1S/C25H31N5O2/c1-15-8-18-12-26-30(22(18)10-21(15)17-4-6-25(3,31)7-5-17)24-11-23(27-16(2)28-24)29-13-20-9-19(29)14-32-20/h8,10-12,17,19-20,31H,4-7,9,13-14H2,1-3H3/t17-,19?,20?,25+. The van der Waals surface area contributed by atoms with Crippen molar-refractivity contribution in [1.29, 1.82) is 0 Å². The van der Waals surface area contributed by atoms with Crippen LogP contribution >= 0.6 is 0 Å². The van der Waals surface area contributed by atoms with Gasteiger partial charge in [-0.2, -0.15) is 5.10 Å². The van der Waals surface area contributed by atoms with Crippen LogP contribution in [0.3, 0.4) is 0 Å². The number of hydrogen-bond donors (Lipinski definition) is 1. The van der Waals surface area contributed by atoms with E-state index in [1.54, 1.807) is 0 Å². The third kappa shape index (κ3) is 3.39. The second-order valence-corrected chi connectivity index (χ2v) is 10.2. The molecule has 2 unspecified atom stereocenters. The fraction of sp³-hybridized carbons (Fsp3) is 0.560. The van der Waals surface area contributed by atoms with E-state index in [1.807, 2.05) is 24.7 Å². The molecule has 1 aromatic carbocycles. The molecule has 3 fully saturated rings. The number of morpholine rings is 1. The number of aryl methyl sites for hydroxylation is 2. The van der Waals surface area contributed by atoms with E-state index in [0.29, 0.717) is 18.1 Å². The lowest BCUT2D eigenvalue weighted by Crippen LogP contribution is -2.37. The maximum Gasteiger partial charge on any atom is 0.159 e. The van der Waals surface area contributed by atoms with Crippen LogP contribution in [0.5, 0.6) is 0 Å². The summed E-state index contributed by atoms with van der Waals surface area (Å²) in [6.07, 6.45) is 7.08. The molecule has 2 atom stereocenters. The Labute approximate surface area is 188 Å². The fourth-order valence-corrected chi connectivity index (χ4v) is 5.85. The lowest BCUT2D eigenvalue weighted by molar-refractivity contribution is 0.0171. The van der Waals surface area contributed by atoms with Crippen LogP contribution in [0.2, 0.25) is 0 Å². The number of nitrogens with zero attached hydrogens (tertiary/aromatic N) is 5. The highest BCUT2D eigenvalue weighted by molar-refractivity contribution is 5.82. The molecule has 2 bridgehead atoms. The zero-order valence-corrected chi connectivity index (χ0v) is 19.1. The summed E-state index contributed by atoms with van der Waals surface area (Å²) in [5, 5.41) is 16.2. The Balaban J connectivity index is 1.38. The minimum Gasteiger partial charge on any atom is -0.390 e. The molecule has 0 spiro atoms. The summed E-state index contributed by atoms with van der Waals surface area (Å²) in [5.74, 6) is 3.01. The molecular formula is C25H31N5O2. The Bertz CT molecular complexity index is 1180. The smallest absolute Gasteiger partial charge is 0.159 e. The molecule has 3 aromatic rings. The van der Waals surface area contributed by atoms with Gasteiger partial charge in [-0.1, -0.05) is 0 Å². The first-order valence-corrected chi connectivity index (χ1v) is 11.8. The van der Waals surface area contributed by atoms with Crippen LogP contribution in [0.25, 0.3) is 16.7 Å². The highest BCUT2D eigenvalue weighted by Gasteiger charge is 2.40. The van der Waals surface area contributed by atoms with Gasteiger partial charge >= 0.3 is 0 Å². The Morgan fingerprint density at radius 2 is 1.88 bits per heavy atom. The van der Waals surface area contributed by atoms with Crippen LogP contribution in [0.15, 0.2) is 24.4 Å². The lowest BCUT2D eigenvalue weighted by atomic mass is 9.76. The molecule has 2 saturated heterocycles. The molecule has 168 valence electrons. The van der Waals surface area contributed by atoms with Crippen LogP contribution in [-0.2, 0) is 4.74 Å². The molecule has 7 nitrogen and oxygen atoms in total. The van der Waals surface area contributed by atoms with Gasteiger partial charge in [-0.25, -0.2) is 14.6 Å². The first-order chi connectivity index (χ1) is 15.4. The molecule has 3 aliphatic rings. The van der Waals surface area contributed by atoms with Gasteiger partial charge in [0.05, 0.1) is 36.1 Å². The van der Waals surface area contributed by atoms with Crippen molar-refractivity contribution >= 4 is 16.7 Å². The van der Waals surface area contributed by atoms with Crippen molar-refractivity contribution in [2.24, 2.45) is 0 Å². The molecule has 0 amide bonds. The van der Waals surface area contributed by atoms with E-state index >= 15 is 0 Å². The topological polar surface area (TPSA) is 76.3 Å². The number of aliphatic hydroxyl groups is 1. The second-order valence-electron chi connectivity index (χ2n) is 10.2. The van der Waals surface area contributed by atoms with Crippen molar-refractivity contribution in [3.63, 3.8) is 0 Å². The van der Waals surface area contributed by atoms with Crippen LogP contribution < -0.4 is 4.90 Å². The zero-order valence-electron chi connectivity index (χ0n) is 19.1. The monoisotopic (exact) mass is 433 g/mol. The summed E-state index contributed by atoms with van der Waals surface area (Å²) in [7, 11) is 0. The number of aromatic nitrogens is 4. The largest absolute Gasteiger partial charge is 0.390 e. The van der Waals surface area contributed by atoms with Crippen molar-refractivity contribution in [2.45, 2.75) is 76.5 Å². The van der Waals surface area contributed by atoms with Gasteiger partial charge in [0.1, 0.15) is 11.6 Å². The van der Waals surface area contributed by atoms with Crippen molar-refractivity contribution in [3.05, 3.63) is 41.3 Å². The van der Waals surface area contributed by atoms with Gasteiger partial charge in [-0.15, -0.1) is 0 Å². The summed E-state index contributed by atoms with van der Waals surface area (Å²) >= 11 is 0. The van der Waals surface area contributed by atoms with E-state index in [4.69, 9.17) is 19.8 Å². The first kappa shape index (κ1) is 20.1. The zero-order chi connectivity index (χ0) is 22.0. The number of rotatable bonds is 3. The van der Waals surface area contributed by atoms with Gasteiger partial charge in [-0.3, -0.25) is 0 Å². The predicted molar refractivity (Wildman–Crippen MR) is 123 cm³/mol. The normalized spacial score (nSPS) is 29.9. The number of benzene rings is 1. The first-order valence-electron chi connectivity index (χ1n) is 11.8. The highest BCUT2D eigenvalue weighted by atomic mass is 16.5. The maximum absolute atomic E-state index is 10.4. The molecule has 1 saturated carbocycles. The Morgan fingerprint density at radius 1 is 1.09 bits per heavy atom. The Kier molecular flexibility index (Phi) is 4.56. The molecule has 2 aromatic heterocycles. The average molecular weight is 434 g/mol. The number of anilines is 1. The van der Waals surface area contributed by atoms with Gasteiger partial charge in [0.2, 0.25) is 0 Å². The van der Waals surface area contributed by atoms with E-state index in [-0.39, 0.29) is 0 Å². The van der Waals surface area contributed by atoms with Crippen LogP contribution in [-0.4, -0.2) is 55.8 Å². The SMILES string of the molecule is Cc1nc(N2CC3CC2CO3)cc(-n2ncc3cc(C)c([C@H]4CC[C@@](C)(O)CC4)cc32)n1. The molecule has 1 aliphatic carbocycles. The van der Waals surface area contributed by atoms with Gasteiger partial charge in [0.25, 0.3) is 0 Å². The Morgan fingerprint density at radius 3 is 2.59 bits per heavy atom. The van der Waals surface area contributed by atoms with E-state index in [1.165, 1.54) is 11.1 Å². The minimum atomic E-state index is -0.523. The van der Waals surface area contributed by atoms with E-state index in [2.05, 4.69) is 30.0 Å². The van der Waals surface area contributed by atoms with E-state index in [9.17, 15) is 5.11 Å². The molecule has 4 heterocycles. The molecule has 0 radical (unpaired) electrons. The van der Waals surface area contributed by atoms with Crippen molar-refractivity contribution in [1.82, 2.24) is 19.7 Å². The third-order valence-electron chi connectivity index (χ3n) is 7.68. The molecule has 7 heteroatoms. The predicted octanol–water partition coefficient (Wildman–Crippen LogP) is 3.82. The van der Waals surface area contributed by atoms with Gasteiger partial charge in [-0.05, 0) is 82.1 Å². The van der Waals surface area contributed by atoms with Crippen LogP contribution in [0, 0.1) is 13.8 Å². The summed E-state index contributed by atoms with van der Waals surface area (Å²) in [4.78, 5) is 11.8. The van der Waals surface area contributed by atoms with Crippen LogP contribution in [0.4, 0.5) is 5.82 Å². The van der Waals surface area contributed by atoms with Crippen molar-refractivity contribution in [3.8, 4) is 5.82 Å². The fourth-order valence-electron chi connectivity index (χ4n) is 5.85. The quantitative estimate of drug-likeness (QED) is 0.677. The second kappa shape index (κ2) is 7.25.